The lowest BCUT2D eigenvalue weighted by atomic mass is 10.0. The van der Waals surface area contributed by atoms with Gasteiger partial charge in [-0.05, 0) is 37.1 Å². The minimum Gasteiger partial charge on any atom is -0.325 e. The lowest BCUT2D eigenvalue weighted by Crippen LogP contribution is -2.24. The molecule has 6 nitrogen and oxygen atoms in total. The molecule has 2 heterocycles. The standard InChI is InChI=1S/C22H20Cl2N4O2/c1-3-16-20(13-6-4-12(2)5-7-13)21-26-22(30)18(28(21)27-16)11-19(29)25-17-10-14(23)8-9-15(17)24/h4-10,18H,3,11H2,1-2H3,(H,25,29)(H,26,30). The van der Waals surface area contributed by atoms with Crippen molar-refractivity contribution in [3.8, 4) is 11.1 Å². The van der Waals surface area contributed by atoms with Crippen LogP contribution < -0.4 is 10.6 Å². The molecule has 2 N–H and O–H groups in total. The van der Waals surface area contributed by atoms with Gasteiger partial charge in [0.1, 0.15) is 11.9 Å². The second kappa shape index (κ2) is 8.13. The average Bonchev–Trinajstić information content (AvgIpc) is 3.21. The molecule has 8 heteroatoms. The fourth-order valence-corrected chi connectivity index (χ4v) is 3.89. The van der Waals surface area contributed by atoms with E-state index in [-0.39, 0.29) is 18.2 Å². The number of nitrogens with one attached hydrogen (secondary N) is 2. The number of carbonyl (C=O) groups is 2. The molecular weight excluding hydrogens is 423 g/mol. The number of anilines is 2. The Morgan fingerprint density at radius 1 is 1.20 bits per heavy atom. The molecule has 1 aliphatic rings. The molecule has 0 fully saturated rings. The van der Waals surface area contributed by atoms with Crippen molar-refractivity contribution in [1.29, 1.82) is 0 Å². The third kappa shape index (κ3) is 3.80. The van der Waals surface area contributed by atoms with Gasteiger partial charge < -0.3 is 10.6 Å². The van der Waals surface area contributed by atoms with E-state index in [1.165, 1.54) is 0 Å². The zero-order valence-corrected chi connectivity index (χ0v) is 18.0. The van der Waals surface area contributed by atoms with Crippen LogP contribution in [0, 0.1) is 6.92 Å². The number of rotatable bonds is 5. The Hall–Kier alpha value is -2.83. The van der Waals surface area contributed by atoms with E-state index in [0.717, 1.165) is 22.4 Å². The summed E-state index contributed by atoms with van der Waals surface area (Å²) in [5, 5.41) is 11.1. The fourth-order valence-electron chi connectivity index (χ4n) is 3.56. The Bertz CT molecular complexity index is 1140. The highest BCUT2D eigenvalue weighted by atomic mass is 35.5. The van der Waals surface area contributed by atoms with Crippen molar-refractivity contribution >= 4 is 46.5 Å². The van der Waals surface area contributed by atoms with Gasteiger partial charge in [-0.25, -0.2) is 4.68 Å². The van der Waals surface area contributed by atoms with Crippen molar-refractivity contribution in [1.82, 2.24) is 9.78 Å². The summed E-state index contributed by atoms with van der Waals surface area (Å²) in [5.74, 6) is 0.0118. The number of amides is 2. The van der Waals surface area contributed by atoms with Gasteiger partial charge in [0.15, 0.2) is 0 Å². The van der Waals surface area contributed by atoms with E-state index in [1.807, 2.05) is 38.1 Å². The number of aryl methyl sites for hydroxylation is 2. The van der Waals surface area contributed by atoms with Gasteiger partial charge >= 0.3 is 0 Å². The molecular formula is C22H20Cl2N4O2. The highest BCUT2D eigenvalue weighted by Crippen LogP contribution is 2.39. The molecule has 2 amide bonds. The highest BCUT2D eigenvalue weighted by molar-refractivity contribution is 6.35. The molecule has 2 aromatic carbocycles. The first kappa shape index (κ1) is 20.4. The summed E-state index contributed by atoms with van der Waals surface area (Å²) in [6.07, 6.45) is 0.635. The quantitative estimate of drug-likeness (QED) is 0.566. The number of fused-ring (bicyclic) bond motifs is 1. The normalized spacial score (nSPS) is 15.1. The molecule has 30 heavy (non-hydrogen) atoms. The van der Waals surface area contributed by atoms with Gasteiger partial charge in [0.2, 0.25) is 5.91 Å². The lowest BCUT2D eigenvalue weighted by molar-refractivity contribution is -0.123. The summed E-state index contributed by atoms with van der Waals surface area (Å²) in [4.78, 5) is 25.3. The number of carbonyl (C=O) groups excluding carboxylic acids is 2. The smallest absolute Gasteiger partial charge is 0.251 e. The molecule has 1 aromatic heterocycles. The van der Waals surface area contributed by atoms with Gasteiger partial charge in [-0.3, -0.25) is 9.59 Å². The number of nitrogens with zero attached hydrogens (tertiary/aromatic N) is 2. The number of halogens is 2. The molecule has 4 rings (SSSR count). The SMILES string of the molecule is CCc1nn2c(c1-c1ccc(C)cc1)NC(=O)C2CC(=O)Nc1cc(Cl)ccc1Cl. The number of benzene rings is 2. The Morgan fingerprint density at radius 3 is 2.63 bits per heavy atom. The van der Waals surface area contributed by atoms with Crippen LogP contribution in [0.25, 0.3) is 11.1 Å². The third-order valence-electron chi connectivity index (χ3n) is 5.08. The van der Waals surface area contributed by atoms with Crippen molar-refractivity contribution < 1.29 is 9.59 Å². The molecule has 0 saturated carbocycles. The third-order valence-corrected chi connectivity index (χ3v) is 5.64. The Balaban J connectivity index is 1.62. The Labute approximate surface area is 184 Å². The number of hydrogen-bond acceptors (Lipinski definition) is 3. The van der Waals surface area contributed by atoms with Crippen LogP contribution in [0.2, 0.25) is 10.0 Å². The van der Waals surface area contributed by atoms with E-state index in [2.05, 4.69) is 15.7 Å². The Morgan fingerprint density at radius 2 is 1.93 bits per heavy atom. The molecule has 1 unspecified atom stereocenters. The van der Waals surface area contributed by atoms with Gasteiger partial charge in [0, 0.05) is 10.6 Å². The number of aromatic nitrogens is 2. The second-order valence-corrected chi connectivity index (χ2v) is 8.06. The maximum atomic E-state index is 12.6. The molecule has 154 valence electrons. The van der Waals surface area contributed by atoms with E-state index in [1.54, 1.807) is 22.9 Å². The fraction of sp³-hybridized carbons (Fsp3) is 0.227. The first-order chi connectivity index (χ1) is 14.4. The summed E-state index contributed by atoms with van der Waals surface area (Å²) in [6, 6.07) is 12.2. The molecule has 0 saturated heterocycles. The minimum absolute atomic E-state index is 0.0696. The first-order valence-electron chi connectivity index (χ1n) is 9.61. The van der Waals surface area contributed by atoms with Crippen LogP contribution >= 0.6 is 23.2 Å². The topological polar surface area (TPSA) is 76.0 Å². The zero-order valence-electron chi connectivity index (χ0n) is 16.5. The summed E-state index contributed by atoms with van der Waals surface area (Å²) < 4.78 is 1.62. The van der Waals surface area contributed by atoms with Crippen LogP contribution in [0.1, 0.15) is 30.6 Å². The molecule has 3 aromatic rings. The summed E-state index contributed by atoms with van der Waals surface area (Å²) in [7, 11) is 0. The van der Waals surface area contributed by atoms with Crippen LogP contribution in [0.4, 0.5) is 11.5 Å². The zero-order chi connectivity index (χ0) is 21.4. The van der Waals surface area contributed by atoms with Crippen molar-refractivity contribution in [3.63, 3.8) is 0 Å². The van der Waals surface area contributed by atoms with Crippen molar-refractivity contribution in [2.75, 3.05) is 10.6 Å². The largest absolute Gasteiger partial charge is 0.325 e. The average molecular weight is 443 g/mol. The van der Waals surface area contributed by atoms with E-state index < -0.39 is 6.04 Å². The van der Waals surface area contributed by atoms with E-state index in [0.29, 0.717) is 28.0 Å². The van der Waals surface area contributed by atoms with Gasteiger partial charge in [-0.2, -0.15) is 5.10 Å². The summed E-state index contributed by atoms with van der Waals surface area (Å²) in [6.45, 7) is 4.04. The van der Waals surface area contributed by atoms with Gasteiger partial charge in [-0.1, -0.05) is 60.0 Å². The van der Waals surface area contributed by atoms with Crippen molar-refractivity contribution in [2.24, 2.45) is 0 Å². The first-order valence-corrected chi connectivity index (χ1v) is 10.4. The van der Waals surface area contributed by atoms with Crippen molar-refractivity contribution in [3.05, 3.63) is 63.8 Å². The van der Waals surface area contributed by atoms with Crippen LogP contribution in [-0.4, -0.2) is 21.6 Å². The summed E-state index contributed by atoms with van der Waals surface area (Å²) in [5.41, 5.74) is 4.31. The maximum Gasteiger partial charge on any atom is 0.251 e. The molecule has 0 spiro atoms. The van der Waals surface area contributed by atoms with E-state index in [9.17, 15) is 9.59 Å². The van der Waals surface area contributed by atoms with E-state index >= 15 is 0 Å². The Kier molecular flexibility index (Phi) is 5.54. The molecule has 0 bridgehead atoms. The minimum atomic E-state index is -0.734. The molecule has 1 atom stereocenters. The van der Waals surface area contributed by atoms with Gasteiger partial charge in [0.25, 0.3) is 5.91 Å². The summed E-state index contributed by atoms with van der Waals surface area (Å²) >= 11 is 12.1. The predicted octanol–water partition coefficient (Wildman–Crippen LogP) is 5.25. The molecule has 0 aliphatic carbocycles. The van der Waals surface area contributed by atoms with Crippen LogP contribution in [0.15, 0.2) is 42.5 Å². The highest BCUT2D eigenvalue weighted by Gasteiger charge is 2.36. The second-order valence-electron chi connectivity index (χ2n) is 7.22. The van der Waals surface area contributed by atoms with Gasteiger partial charge in [-0.15, -0.1) is 0 Å². The van der Waals surface area contributed by atoms with Crippen LogP contribution in [0.5, 0.6) is 0 Å². The monoisotopic (exact) mass is 442 g/mol. The van der Waals surface area contributed by atoms with Gasteiger partial charge in [0.05, 0.1) is 22.8 Å². The van der Waals surface area contributed by atoms with Crippen LogP contribution in [-0.2, 0) is 16.0 Å². The van der Waals surface area contributed by atoms with Crippen molar-refractivity contribution in [2.45, 2.75) is 32.7 Å². The molecule has 0 radical (unpaired) electrons. The lowest BCUT2D eigenvalue weighted by Gasteiger charge is -2.11. The number of hydrogen-bond donors (Lipinski definition) is 2. The molecule has 1 aliphatic heterocycles. The van der Waals surface area contributed by atoms with Crippen LogP contribution in [0.3, 0.4) is 0 Å². The van der Waals surface area contributed by atoms with E-state index in [4.69, 9.17) is 23.2 Å². The predicted molar refractivity (Wildman–Crippen MR) is 119 cm³/mol. The maximum absolute atomic E-state index is 12.6.